The average molecular weight is 703 g/mol. The number of halogens is 1. The molecule has 0 saturated carbocycles. The standard InChI is InChI=1S/C43H43ClN2O5/c44-37-20-18-36(19-21-37)43(49)22-24-46(25-23-43)28-38-26-40(32-12-10-30(29-47)11-13-32)51-42(50-38)34-16-14-31(15-17-34)39-9-5-4-8-35(39)27-45-41(48)33-6-2-1-3-7-33/h1-21,38,40,42,47,49H,22-29H2,(H,45,48)/t38-,40+,42+/m0/s1. The summed E-state index contributed by atoms with van der Waals surface area (Å²) in [5.41, 5.74) is 6.60. The summed E-state index contributed by atoms with van der Waals surface area (Å²) >= 11 is 6.10. The summed E-state index contributed by atoms with van der Waals surface area (Å²) < 4.78 is 13.3. The van der Waals surface area contributed by atoms with Gasteiger partial charge in [0.25, 0.3) is 5.91 Å². The number of nitrogens with zero attached hydrogens (tertiary/aromatic N) is 1. The Morgan fingerprint density at radius 1 is 0.804 bits per heavy atom. The lowest BCUT2D eigenvalue weighted by atomic mass is 9.84. The molecule has 0 aliphatic carbocycles. The highest BCUT2D eigenvalue weighted by atomic mass is 35.5. The van der Waals surface area contributed by atoms with Crippen LogP contribution in [0.2, 0.25) is 5.02 Å². The highest BCUT2D eigenvalue weighted by Crippen LogP contribution is 2.40. The predicted octanol–water partition coefficient (Wildman–Crippen LogP) is 7.96. The molecule has 2 aliphatic heterocycles. The number of carbonyl (C=O) groups excluding carboxylic acids is 1. The van der Waals surface area contributed by atoms with Gasteiger partial charge >= 0.3 is 0 Å². The number of hydrogen-bond donors (Lipinski definition) is 3. The first-order valence-electron chi connectivity index (χ1n) is 17.6. The number of likely N-dealkylation sites (tertiary alicyclic amines) is 1. The van der Waals surface area contributed by atoms with E-state index < -0.39 is 11.9 Å². The minimum Gasteiger partial charge on any atom is -0.392 e. The minimum atomic E-state index is -0.870. The fourth-order valence-corrected chi connectivity index (χ4v) is 7.24. The van der Waals surface area contributed by atoms with E-state index in [-0.39, 0.29) is 24.7 Å². The van der Waals surface area contributed by atoms with Crippen molar-refractivity contribution in [2.24, 2.45) is 0 Å². The number of piperidine rings is 1. The number of ether oxygens (including phenoxy) is 2. The van der Waals surface area contributed by atoms with Crippen LogP contribution in [-0.2, 0) is 28.2 Å². The third kappa shape index (κ3) is 8.42. The molecule has 0 bridgehead atoms. The van der Waals surface area contributed by atoms with E-state index in [1.54, 1.807) is 0 Å². The van der Waals surface area contributed by atoms with Crippen LogP contribution >= 0.6 is 11.6 Å². The van der Waals surface area contributed by atoms with Crippen molar-refractivity contribution in [2.75, 3.05) is 19.6 Å². The Morgan fingerprint density at radius 3 is 2.18 bits per heavy atom. The number of hydrogen-bond acceptors (Lipinski definition) is 6. The summed E-state index contributed by atoms with van der Waals surface area (Å²) in [6.45, 7) is 2.63. The van der Waals surface area contributed by atoms with Crippen LogP contribution in [0.1, 0.15) is 69.8 Å². The summed E-state index contributed by atoms with van der Waals surface area (Å²) in [7, 11) is 0. The molecule has 8 heteroatoms. The van der Waals surface area contributed by atoms with Crippen molar-refractivity contribution in [1.82, 2.24) is 10.2 Å². The Hall–Kier alpha value is -4.34. The summed E-state index contributed by atoms with van der Waals surface area (Å²) in [5.74, 6) is -0.107. The first kappa shape index (κ1) is 35.1. The van der Waals surface area contributed by atoms with Crippen LogP contribution in [0.4, 0.5) is 0 Å². The molecule has 0 unspecified atom stereocenters. The first-order chi connectivity index (χ1) is 24.9. The number of aliphatic hydroxyl groups is 2. The van der Waals surface area contributed by atoms with E-state index in [1.165, 1.54) is 0 Å². The SMILES string of the molecule is O=C(NCc1ccccc1-c1ccc([C@@H]2O[C@H](CN3CCC(O)(c4ccc(Cl)cc4)CC3)C[C@H](c3ccc(CO)cc3)O2)cc1)c1ccccc1. The second-order valence-electron chi connectivity index (χ2n) is 13.5. The van der Waals surface area contributed by atoms with Gasteiger partial charge in [0.05, 0.1) is 24.4 Å². The molecule has 5 aromatic carbocycles. The molecule has 2 saturated heterocycles. The molecule has 3 N–H and O–H groups in total. The molecule has 7 nitrogen and oxygen atoms in total. The lowest BCUT2D eigenvalue weighted by molar-refractivity contribution is -0.253. The normalized spacial score (nSPS) is 20.5. The Balaban J connectivity index is 1.06. The number of benzene rings is 5. The summed E-state index contributed by atoms with van der Waals surface area (Å²) in [6, 6.07) is 41.1. The molecule has 51 heavy (non-hydrogen) atoms. The summed E-state index contributed by atoms with van der Waals surface area (Å²) in [4.78, 5) is 15.1. The van der Waals surface area contributed by atoms with E-state index in [0.29, 0.717) is 36.4 Å². The Bertz CT molecular complexity index is 1890. The van der Waals surface area contributed by atoms with Gasteiger partial charge in [-0.05, 0) is 70.5 Å². The number of carbonyl (C=O) groups is 1. The third-order valence-corrected chi connectivity index (χ3v) is 10.4. The van der Waals surface area contributed by atoms with Gasteiger partial charge in [-0.3, -0.25) is 4.79 Å². The van der Waals surface area contributed by atoms with Crippen molar-refractivity contribution < 1.29 is 24.5 Å². The molecule has 3 atom stereocenters. The fourth-order valence-electron chi connectivity index (χ4n) is 7.12. The minimum absolute atomic E-state index is 0.00757. The number of amides is 1. The van der Waals surface area contributed by atoms with Crippen molar-refractivity contribution in [2.45, 2.75) is 56.5 Å². The molecule has 2 heterocycles. The van der Waals surface area contributed by atoms with Gasteiger partial charge in [0, 0.05) is 48.7 Å². The lowest BCUT2D eigenvalue weighted by Gasteiger charge is -2.42. The molecule has 262 valence electrons. The summed E-state index contributed by atoms with van der Waals surface area (Å²) in [5, 5.41) is 24.8. The van der Waals surface area contributed by atoms with Crippen LogP contribution in [0.3, 0.4) is 0 Å². The smallest absolute Gasteiger partial charge is 0.251 e. The van der Waals surface area contributed by atoms with Crippen molar-refractivity contribution >= 4 is 17.5 Å². The van der Waals surface area contributed by atoms with Crippen molar-refractivity contribution in [3.63, 3.8) is 0 Å². The molecule has 0 aromatic heterocycles. The van der Waals surface area contributed by atoms with Gasteiger partial charge in [0.1, 0.15) is 0 Å². The maximum Gasteiger partial charge on any atom is 0.251 e. The van der Waals surface area contributed by atoms with Crippen LogP contribution in [0, 0.1) is 0 Å². The van der Waals surface area contributed by atoms with Gasteiger partial charge in [0.2, 0.25) is 0 Å². The van der Waals surface area contributed by atoms with Crippen molar-refractivity contribution in [3.8, 4) is 11.1 Å². The largest absolute Gasteiger partial charge is 0.392 e. The molecular formula is C43H43ClN2O5. The topological polar surface area (TPSA) is 91.3 Å². The number of rotatable bonds is 10. The van der Waals surface area contributed by atoms with E-state index in [1.807, 2.05) is 97.1 Å². The molecule has 5 aromatic rings. The first-order valence-corrected chi connectivity index (χ1v) is 18.0. The van der Waals surface area contributed by atoms with Crippen molar-refractivity contribution in [3.05, 3.63) is 166 Å². The van der Waals surface area contributed by atoms with Gasteiger partial charge in [-0.1, -0.05) is 115 Å². The van der Waals surface area contributed by atoms with E-state index in [9.17, 15) is 15.0 Å². The third-order valence-electron chi connectivity index (χ3n) is 10.1. The second kappa shape index (κ2) is 15.9. The van der Waals surface area contributed by atoms with Crippen LogP contribution in [0.15, 0.2) is 127 Å². The van der Waals surface area contributed by atoms with Gasteiger partial charge in [-0.2, -0.15) is 0 Å². The highest BCUT2D eigenvalue weighted by molar-refractivity contribution is 6.30. The van der Waals surface area contributed by atoms with Crippen molar-refractivity contribution in [1.29, 1.82) is 0 Å². The van der Waals surface area contributed by atoms with Crippen LogP contribution in [-0.4, -0.2) is 46.8 Å². The molecule has 2 aliphatic rings. The monoisotopic (exact) mass is 702 g/mol. The van der Waals surface area contributed by atoms with Gasteiger partial charge in [-0.25, -0.2) is 0 Å². The number of aliphatic hydroxyl groups excluding tert-OH is 1. The highest BCUT2D eigenvalue weighted by Gasteiger charge is 2.37. The zero-order valence-corrected chi connectivity index (χ0v) is 29.2. The van der Waals surface area contributed by atoms with Gasteiger partial charge < -0.3 is 29.9 Å². The predicted molar refractivity (Wildman–Crippen MR) is 199 cm³/mol. The second-order valence-corrected chi connectivity index (χ2v) is 14.0. The molecule has 0 spiro atoms. The maximum atomic E-state index is 12.7. The Morgan fingerprint density at radius 2 is 1.47 bits per heavy atom. The fraction of sp³-hybridized carbons (Fsp3) is 0.279. The molecule has 7 rings (SSSR count). The Labute approximate surface area is 304 Å². The van der Waals surface area contributed by atoms with E-state index in [2.05, 4.69) is 40.5 Å². The van der Waals surface area contributed by atoms with E-state index in [4.69, 9.17) is 21.1 Å². The molecule has 0 radical (unpaired) electrons. The summed E-state index contributed by atoms with van der Waals surface area (Å²) in [6.07, 6.45) is 1.09. The zero-order valence-electron chi connectivity index (χ0n) is 28.5. The van der Waals surface area contributed by atoms with Gasteiger partial charge in [0.15, 0.2) is 6.29 Å². The number of nitrogens with one attached hydrogen (secondary N) is 1. The quantitative estimate of drug-likeness (QED) is 0.137. The average Bonchev–Trinajstić information content (AvgIpc) is 3.18. The van der Waals surface area contributed by atoms with Crippen LogP contribution in [0.5, 0.6) is 0 Å². The van der Waals surface area contributed by atoms with Crippen LogP contribution in [0.25, 0.3) is 11.1 Å². The zero-order chi connectivity index (χ0) is 35.2. The van der Waals surface area contributed by atoms with Gasteiger partial charge in [-0.15, -0.1) is 0 Å². The lowest BCUT2D eigenvalue weighted by Crippen LogP contribution is -2.46. The molecule has 2 fully saturated rings. The maximum absolute atomic E-state index is 12.7. The molecule has 1 amide bonds. The van der Waals surface area contributed by atoms with Crippen LogP contribution < -0.4 is 5.32 Å². The van der Waals surface area contributed by atoms with E-state index >= 15 is 0 Å². The van der Waals surface area contributed by atoms with E-state index in [0.717, 1.165) is 58.6 Å². The Kier molecular flexibility index (Phi) is 10.9. The molecular weight excluding hydrogens is 660 g/mol.